The van der Waals surface area contributed by atoms with Gasteiger partial charge in [0.25, 0.3) is 8.32 Å². The number of rotatable bonds is 7. The van der Waals surface area contributed by atoms with Crippen molar-refractivity contribution >= 4 is 20.5 Å². The van der Waals surface area contributed by atoms with Crippen LogP contribution in [-0.4, -0.2) is 36.4 Å². The van der Waals surface area contributed by atoms with Crippen LogP contribution in [0.4, 0.5) is 0 Å². The summed E-state index contributed by atoms with van der Waals surface area (Å²) in [4.78, 5) is 0. The Morgan fingerprint density at radius 1 is 0.839 bits per heavy atom. The van der Waals surface area contributed by atoms with E-state index in [-0.39, 0.29) is 11.8 Å². The maximum absolute atomic E-state index is 6.52. The van der Waals surface area contributed by atoms with Crippen LogP contribution in [0.2, 0.25) is 18.1 Å². The van der Waals surface area contributed by atoms with Crippen LogP contribution in [0.5, 0.6) is 34.5 Å². The van der Waals surface area contributed by atoms with Crippen molar-refractivity contribution in [1.29, 1.82) is 0 Å². The first-order valence-electron chi connectivity index (χ1n) is 10.2. The van der Waals surface area contributed by atoms with Crippen LogP contribution in [0, 0.1) is 0 Å². The highest BCUT2D eigenvalue weighted by molar-refractivity contribution is 6.74. The summed E-state index contributed by atoms with van der Waals surface area (Å²) >= 11 is 0. The summed E-state index contributed by atoms with van der Waals surface area (Å²) in [6.45, 7) is 11.2. The minimum Gasteiger partial charge on any atom is -0.541 e. The molecule has 0 saturated carbocycles. The van der Waals surface area contributed by atoms with E-state index in [1.54, 1.807) is 21.3 Å². The minimum atomic E-state index is -2.01. The molecule has 31 heavy (non-hydrogen) atoms. The lowest BCUT2D eigenvalue weighted by molar-refractivity contribution is 0.168. The zero-order chi connectivity index (χ0) is 22.8. The van der Waals surface area contributed by atoms with Crippen molar-refractivity contribution in [2.45, 2.75) is 38.9 Å². The van der Waals surface area contributed by atoms with Crippen LogP contribution in [0.1, 0.15) is 31.9 Å². The van der Waals surface area contributed by atoms with E-state index in [1.165, 1.54) is 0 Å². The van der Waals surface area contributed by atoms with Gasteiger partial charge in [-0.1, -0.05) is 39.0 Å². The third-order valence-corrected chi connectivity index (χ3v) is 10.2. The normalized spacial score (nSPS) is 13.4. The van der Waals surface area contributed by atoms with E-state index in [0.717, 1.165) is 22.6 Å². The fourth-order valence-electron chi connectivity index (χ4n) is 3.01. The molecule has 168 valence electrons. The molecule has 0 radical (unpaired) electrons. The third kappa shape index (κ3) is 4.61. The molecular formula is C24H32O6Si. The molecule has 0 bridgehead atoms. The first kappa shape index (κ1) is 22.9. The molecule has 0 unspecified atom stereocenters. The fourth-order valence-corrected chi connectivity index (χ4v) is 4.03. The van der Waals surface area contributed by atoms with Gasteiger partial charge >= 0.3 is 0 Å². The number of ether oxygens (including phenoxy) is 5. The molecule has 7 heteroatoms. The average Bonchev–Trinajstić information content (AvgIpc) is 3.20. The Kier molecular flexibility index (Phi) is 6.45. The first-order valence-corrected chi connectivity index (χ1v) is 13.1. The number of hydrogen-bond acceptors (Lipinski definition) is 6. The lowest BCUT2D eigenvalue weighted by atomic mass is 10.1. The van der Waals surface area contributed by atoms with E-state index >= 15 is 0 Å². The monoisotopic (exact) mass is 444 g/mol. The van der Waals surface area contributed by atoms with Gasteiger partial charge in [0.05, 0.1) is 21.3 Å². The standard InChI is InChI=1S/C24H32O6Si/c1-24(2,3)31(7,8)30-19-13-16(10-12-18(19)25-4)9-11-17-14-20(26-5)22-23(21(17)27-6)29-15-28-22/h9-14H,15H2,1-8H3/b11-9+. The second-order valence-corrected chi connectivity index (χ2v) is 13.6. The summed E-state index contributed by atoms with van der Waals surface area (Å²) < 4.78 is 34.2. The number of hydrogen-bond donors (Lipinski definition) is 0. The smallest absolute Gasteiger partial charge is 0.250 e. The Hall–Kier alpha value is -2.80. The molecular weight excluding hydrogens is 412 g/mol. The first-order chi connectivity index (χ1) is 14.6. The van der Waals surface area contributed by atoms with Gasteiger partial charge in [0.2, 0.25) is 18.3 Å². The molecule has 0 aliphatic carbocycles. The van der Waals surface area contributed by atoms with Crippen molar-refractivity contribution in [3.63, 3.8) is 0 Å². The Morgan fingerprint density at radius 2 is 1.52 bits per heavy atom. The molecule has 1 aliphatic heterocycles. The highest BCUT2D eigenvalue weighted by atomic mass is 28.4. The van der Waals surface area contributed by atoms with Gasteiger partial charge in [0.15, 0.2) is 17.2 Å². The Bertz CT molecular complexity index is 975. The highest BCUT2D eigenvalue weighted by Gasteiger charge is 2.39. The van der Waals surface area contributed by atoms with Crippen LogP contribution in [0.15, 0.2) is 24.3 Å². The van der Waals surface area contributed by atoms with Crippen molar-refractivity contribution in [1.82, 2.24) is 0 Å². The van der Waals surface area contributed by atoms with Crippen LogP contribution >= 0.6 is 0 Å². The molecule has 0 amide bonds. The summed E-state index contributed by atoms with van der Waals surface area (Å²) in [5.41, 5.74) is 1.81. The van der Waals surface area contributed by atoms with Crippen molar-refractivity contribution in [3.8, 4) is 34.5 Å². The molecule has 3 rings (SSSR count). The molecule has 1 heterocycles. The van der Waals surface area contributed by atoms with Crippen LogP contribution in [-0.2, 0) is 0 Å². The summed E-state index contributed by atoms with van der Waals surface area (Å²) in [5, 5.41) is 0.0836. The Balaban J connectivity index is 1.97. The maximum atomic E-state index is 6.52. The SMILES string of the molecule is COc1ccc(/C=C/c2cc(OC)c3c(c2OC)OCO3)cc1O[Si](C)(C)C(C)(C)C. The lowest BCUT2D eigenvalue weighted by Gasteiger charge is -2.36. The van der Waals surface area contributed by atoms with E-state index in [9.17, 15) is 0 Å². The molecule has 2 aromatic rings. The summed E-state index contributed by atoms with van der Waals surface area (Å²) in [7, 11) is 2.86. The summed E-state index contributed by atoms with van der Waals surface area (Å²) in [5.74, 6) is 3.81. The van der Waals surface area contributed by atoms with Gasteiger partial charge < -0.3 is 28.1 Å². The van der Waals surface area contributed by atoms with Gasteiger partial charge in [0.1, 0.15) is 5.75 Å². The fraction of sp³-hybridized carbons (Fsp3) is 0.417. The predicted octanol–water partition coefficient (Wildman–Crippen LogP) is 6.00. The van der Waals surface area contributed by atoms with Gasteiger partial charge in [0, 0.05) is 5.56 Å². The van der Waals surface area contributed by atoms with Crippen molar-refractivity contribution in [2.75, 3.05) is 28.1 Å². The quantitative estimate of drug-likeness (QED) is 0.386. The second kappa shape index (κ2) is 8.75. The van der Waals surface area contributed by atoms with Crippen molar-refractivity contribution < 1.29 is 28.1 Å². The van der Waals surface area contributed by atoms with E-state index < -0.39 is 8.32 Å². The zero-order valence-corrected chi connectivity index (χ0v) is 20.6. The van der Waals surface area contributed by atoms with Crippen LogP contribution in [0.25, 0.3) is 12.2 Å². The molecule has 6 nitrogen and oxygen atoms in total. The summed E-state index contributed by atoms with van der Waals surface area (Å²) in [6, 6.07) is 7.80. The number of methoxy groups -OCH3 is 3. The van der Waals surface area contributed by atoms with Gasteiger partial charge in [-0.2, -0.15) is 0 Å². The van der Waals surface area contributed by atoms with Gasteiger partial charge in [-0.25, -0.2) is 0 Å². The van der Waals surface area contributed by atoms with Gasteiger partial charge in [-0.15, -0.1) is 0 Å². The second-order valence-electron chi connectivity index (χ2n) is 8.87. The van der Waals surface area contributed by atoms with E-state index in [2.05, 4.69) is 33.9 Å². The topological polar surface area (TPSA) is 55.4 Å². The highest BCUT2D eigenvalue weighted by Crippen LogP contribution is 2.50. The number of fused-ring (bicyclic) bond motifs is 1. The lowest BCUT2D eigenvalue weighted by Crippen LogP contribution is -2.43. The predicted molar refractivity (Wildman–Crippen MR) is 125 cm³/mol. The van der Waals surface area contributed by atoms with E-state index in [4.69, 9.17) is 28.1 Å². The van der Waals surface area contributed by atoms with Crippen molar-refractivity contribution in [2.24, 2.45) is 0 Å². The Labute approximate surface area is 185 Å². The molecule has 0 atom stereocenters. The minimum absolute atomic E-state index is 0.0836. The molecule has 0 spiro atoms. The van der Waals surface area contributed by atoms with Crippen LogP contribution in [0.3, 0.4) is 0 Å². The molecule has 0 saturated heterocycles. The number of benzene rings is 2. The molecule has 1 aliphatic rings. The third-order valence-electron chi connectivity index (χ3n) is 5.83. The molecule has 2 aromatic carbocycles. The largest absolute Gasteiger partial charge is 0.541 e. The van der Waals surface area contributed by atoms with Gasteiger partial charge in [-0.3, -0.25) is 0 Å². The van der Waals surface area contributed by atoms with E-state index in [0.29, 0.717) is 23.0 Å². The molecule has 0 N–H and O–H groups in total. The van der Waals surface area contributed by atoms with E-state index in [1.807, 2.05) is 36.4 Å². The molecule has 0 aromatic heterocycles. The average molecular weight is 445 g/mol. The maximum Gasteiger partial charge on any atom is 0.250 e. The van der Waals surface area contributed by atoms with Gasteiger partial charge in [-0.05, 0) is 41.9 Å². The molecule has 0 fully saturated rings. The Morgan fingerprint density at radius 3 is 2.13 bits per heavy atom. The summed E-state index contributed by atoms with van der Waals surface area (Å²) in [6.07, 6.45) is 3.96. The van der Waals surface area contributed by atoms with Crippen LogP contribution < -0.4 is 28.1 Å². The van der Waals surface area contributed by atoms with Crippen molar-refractivity contribution in [3.05, 3.63) is 35.4 Å². The zero-order valence-electron chi connectivity index (χ0n) is 19.6.